The summed E-state index contributed by atoms with van der Waals surface area (Å²) < 4.78 is 2.49. The predicted octanol–water partition coefficient (Wildman–Crippen LogP) is 27.6. The van der Waals surface area contributed by atoms with Crippen LogP contribution < -0.4 is 4.90 Å². The van der Waals surface area contributed by atoms with Crippen molar-refractivity contribution in [2.75, 3.05) is 4.90 Å². The molecule has 0 saturated heterocycles. The molecule has 0 unspecified atom stereocenters. The highest BCUT2D eigenvalue weighted by molar-refractivity contribution is 6.22. The maximum atomic E-state index is 2.52. The molecule has 0 saturated carbocycles. The van der Waals surface area contributed by atoms with E-state index in [1.54, 1.807) is 0 Å². The second-order valence-corrected chi connectivity index (χ2v) is 29.6. The molecule has 18 aromatic carbocycles. The molecule has 2 nitrogen and oxygen atoms in total. The Labute approximate surface area is 627 Å². The van der Waals surface area contributed by atoms with Crippen molar-refractivity contribution in [1.29, 1.82) is 0 Å². The van der Waals surface area contributed by atoms with Crippen molar-refractivity contribution in [3.05, 3.63) is 445 Å². The SMILES string of the molecule is c1ccc(-c2c3ccccc3c(-c3ccccc3)c3cc(-c4ccc(N(c5ccccc5)c5ccc(-n6c7ccc(-c8ccc9c(c8)C8(c%10ccccc%10-c%10ccccc%108)c8ccccc8-9)cc7c7cc(-c8ccc9c(c8)C8(c%10ccccc%10-c%10ccccc%108)c8ccccc8-9)ccc76)cc5)cc4)ccc23)cc1. The quantitative estimate of drug-likeness (QED) is 0.131. The van der Waals surface area contributed by atoms with E-state index in [1.807, 2.05) is 0 Å². The van der Waals surface area contributed by atoms with Crippen LogP contribution in [0.2, 0.25) is 0 Å². The van der Waals surface area contributed by atoms with E-state index >= 15 is 0 Å². The molecule has 0 bridgehead atoms. The number of nitrogens with zero attached hydrogens (tertiary/aromatic N) is 2. The lowest BCUT2D eigenvalue weighted by molar-refractivity contribution is 0.794. The van der Waals surface area contributed by atoms with Crippen LogP contribution in [-0.2, 0) is 10.8 Å². The molecule has 2 spiro atoms. The van der Waals surface area contributed by atoms with Crippen molar-refractivity contribution < 1.29 is 0 Å². The standard InChI is InChI=1S/C106H66N2/c1-4-24-68(25-5-1)103-87-36-10-11-37-88(87)104(69-26-6-2-7-27-69)92-64-70(48-59-89(92)103)67-44-51-76(52-45-67)107(75-28-8-3-9-29-75)77-53-55-78(56-54-77)108-101-60-49-71(73-46-57-85-83-34-16-22-42-97(83)105(99(85)65-73)93-38-18-12-30-79(93)80-31-13-19-39-94(80)105)62-90(101)91-63-72(50-61-102(91)108)74-47-58-86-84-35-17-23-43-98(84)106(100(86)66-74)95-40-20-14-32-81(95)82-33-15-21-41-96(82)106/h1-66H. The molecule has 0 radical (unpaired) electrons. The Kier molecular flexibility index (Phi) is 13.0. The van der Waals surface area contributed by atoms with Gasteiger partial charge in [0, 0.05) is 33.5 Å². The van der Waals surface area contributed by atoms with Crippen molar-refractivity contribution >= 4 is 60.4 Å². The number of aromatic nitrogens is 1. The number of hydrogen-bond donors (Lipinski definition) is 0. The summed E-state index contributed by atoms with van der Waals surface area (Å²) in [7, 11) is 0. The van der Waals surface area contributed by atoms with Crippen molar-refractivity contribution in [2.24, 2.45) is 0 Å². The lowest BCUT2D eigenvalue weighted by Gasteiger charge is -2.30. The second-order valence-electron chi connectivity index (χ2n) is 29.6. The Morgan fingerprint density at radius 2 is 0.463 bits per heavy atom. The Balaban J connectivity index is 0.668. The summed E-state index contributed by atoms with van der Waals surface area (Å²) in [5.41, 5.74) is 38.9. The van der Waals surface area contributed by atoms with Gasteiger partial charge in [-0.3, -0.25) is 0 Å². The molecule has 2 heteroatoms. The summed E-state index contributed by atoms with van der Waals surface area (Å²) in [4.78, 5) is 2.38. The molecule has 108 heavy (non-hydrogen) atoms. The van der Waals surface area contributed by atoms with E-state index in [4.69, 9.17) is 0 Å². The van der Waals surface area contributed by atoms with Crippen LogP contribution in [0, 0.1) is 0 Å². The fourth-order valence-corrected chi connectivity index (χ4v) is 20.0. The lowest BCUT2D eigenvalue weighted by atomic mass is 9.70. The molecule has 23 rings (SSSR count). The minimum atomic E-state index is -0.454. The molecular weight excluding hydrogens is 1300 g/mol. The highest BCUT2D eigenvalue weighted by atomic mass is 15.1. The van der Waals surface area contributed by atoms with Gasteiger partial charge < -0.3 is 9.47 Å². The van der Waals surface area contributed by atoms with Crippen LogP contribution in [0.5, 0.6) is 0 Å². The number of para-hydroxylation sites is 1. The Hall–Kier alpha value is -13.9. The molecule has 0 N–H and O–H groups in total. The molecule has 1 heterocycles. The number of hydrogen-bond acceptors (Lipinski definition) is 1. The summed E-state index contributed by atoms with van der Waals surface area (Å²) in [5, 5.41) is 7.37. The van der Waals surface area contributed by atoms with Crippen LogP contribution in [0.1, 0.15) is 44.5 Å². The first-order valence-electron chi connectivity index (χ1n) is 37.7. The maximum absolute atomic E-state index is 2.52. The van der Waals surface area contributed by atoms with Crippen molar-refractivity contribution in [3.8, 4) is 106 Å². The number of anilines is 3. The number of rotatable bonds is 9. The molecule has 19 aromatic rings. The lowest BCUT2D eigenvalue weighted by Crippen LogP contribution is -2.25. The molecule has 4 aliphatic carbocycles. The van der Waals surface area contributed by atoms with Crippen LogP contribution in [0.25, 0.3) is 149 Å². The Morgan fingerprint density at radius 1 is 0.176 bits per heavy atom. The summed E-state index contributed by atoms with van der Waals surface area (Å²) in [6.45, 7) is 0. The summed E-state index contributed by atoms with van der Waals surface area (Å²) in [6.07, 6.45) is 0. The molecule has 1 aromatic heterocycles. The average Bonchev–Trinajstić information content (AvgIpc) is 1.51. The van der Waals surface area contributed by atoms with Gasteiger partial charge in [-0.2, -0.15) is 0 Å². The van der Waals surface area contributed by atoms with E-state index < -0.39 is 10.8 Å². The molecule has 0 fully saturated rings. The van der Waals surface area contributed by atoms with Gasteiger partial charge in [-0.1, -0.05) is 309 Å². The van der Waals surface area contributed by atoms with E-state index in [0.717, 1.165) is 39.3 Å². The van der Waals surface area contributed by atoms with Gasteiger partial charge in [0.1, 0.15) is 0 Å². The first kappa shape index (κ1) is 60.5. The fraction of sp³-hybridized carbons (Fsp3) is 0.0189. The van der Waals surface area contributed by atoms with Crippen molar-refractivity contribution in [2.45, 2.75) is 10.8 Å². The van der Waals surface area contributed by atoms with Crippen LogP contribution in [0.4, 0.5) is 17.1 Å². The van der Waals surface area contributed by atoms with E-state index in [0.29, 0.717) is 0 Å². The molecule has 0 amide bonds. The molecule has 0 atom stereocenters. The van der Waals surface area contributed by atoms with Gasteiger partial charge in [0.2, 0.25) is 0 Å². The van der Waals surface area contributed by atoms with Gasteiger partial charge in [-0.25, -0.2) is 0 Å². The highest BCUT2D eigenvalue weighted by Crippen LogP contribution is 2.65. The van der Waals surface area contributed by atoms with E-state index in [2.05, 4.69) is 410 Å². The molecule has 4 aliphatic rings. The van der Waals surface area contributed by atoms with Gasteiger partial charge in [-0.05, 0) is 257 Å². The van der Waals surface area contributed by atoms with Crippen LogP contribution >= 0.6 is 0 Å². The zero-order valence-electron chi connectivity index (χ0n) is 59.0. The molecular formula is C106H66N2. The second kappa shape index (κ2) is 23.3. The maximum Gasteiger partial charge on any atom is 0.0725 e. The third-order valence-corrected chi connectivity index (χ3v) is 24.4. The normalized spacial score (nSPS) is 13.3. The number of benzene rings is 18. The first-order chi connectivity index (χ1) is 53.6. The van der Waals surface area contributed by atoms with Gasteiger partial charge in [0.05, 0.1) is 21.9 Å². The van der Waals surface area contributed by atoms with Crippen LogP contribution in [-0.4, -0.2) is 4.57 Å². The van der Waals surface area contributed by atoms with Gasteiger partial charge in [0.25, 0.3) is 0 Å². The van der Waals surface area contributed by atoms with Crippen molar-refractivity contribution in [3.63, 3.8) is 0 Å². The zero-order chi connectivity index (χ0) is 70.8. The Bertz CT molecular complexity index is 6580. The topological polar surface area (TPSA) is 8.17 Å². The van der Waals surface area contributed by atoms with E-state index in [9.17, 15) is 0 Å². The summed E-state index contributed by atoms with van der Waals surface area (Å²) >= 11 is 0. The smallest absolute Gasteiger partial charge is 0.0725 e. The fourth-order valence-electron chi connectivity index (χ4n) is 20.0. The van der Waals surface area contributed by atoms with E-state index in [1.165, 1.54) is 171 Å². The van der Waals surface area contributed by atoms with Gasteiger partial charge in [0.15, 0.2) is 0 Å². The van der Waals surface area contributed by atoms with Crippen molar-refractivity contribution in [1.82, 2.24) is 4.57 Å². The first-order valence-corrected chi connectivity index (χ1v) is 37.7. The monoisotopic (exact) mass is 1370 g/mol. The van der Waals surface area contributed by atoms with Crippen LogP contribution in [0.3, 0.4) is 0 Å². The number of fused-ring (bicyclic) bond motifs is 25. The zero-order valence-corrected chi connectivity index (χ0v) is 59.0. The summed E-state index contributed by atoms with van der Waals surface area (Å²) in [6, 6.07) is 151. The molecule has 500 valence electrons. The van der Waals surface area contributed by atoms with Crippen LogP contribution in [0.15, 0.2) is 400 Å². The largest absolute Gasteiger partial charge is 0.311 e. The average molecular weight is 1370 g/mol. The minimum absolute atomic E-state index is 0.454. The third kappa shape index (κ3) is 8.48. The van der Waals surface area contributed by atoms with E-state index in [-0.39, 0.29) is 0 Å². The predicted molar refractivity (Wildman–Crippen MR) is 450 cm³/mol. The Morgan fingerprint density at radius 3 is 0.889 bits per heavy atom. The highest BCUT2D eigenvalue weighted by Gasteiger charge is 2.53. The molecule has 0 aliphatic heterocycles. The van der Waals surface area contributed by atoms with Gasteiger partial charge in [-0.15, -0.1) is 0 Å². The minimum Gasteiger partial charge on any atom is -0.311 e. The third-order valence-electron chi connectivity index (χ3n) is 24.4. The summed E-state index contributed by atoms with van der Waals surface area (Å²) in [5.74, 6) is 0. The van der Waals surface area contributed by atoms with Gasteiger partial charge >= 0.3 is 0 Å².